The van der Waals surface area contributed by atoms with Gasteiger partial charge in [0.2, 0.25) is 0 Å². The van der Waals surface area contributed by atoms with Crippen molar-refractivity contribution in [1.29, 1.82) is 0 Å². The van der Waals surface area contributed by atoms with Gasteiger partial charge in [0.15, 0.2) is 4.67 Å². The van der Waals surface area contributed by atoms with Crippen molar-refractivity contribution in [2.45, 2.75) is 25.7 Å². The Bertz CT molecular complexity index is 581. The smallest absolute Gasteiger partial charge is 0.169 e. The van der Waals surface area contributed by atoms with Gasteiger partial charge in [-0.25, -0.2) is 9.97 Å². The first-order valence-electron chi connectivity index (χ1n) is 7.36. The zero-order chi connectivity index (χ0) is 14.5. The van der Waals surface area contributed by atoms with E-state index in [0.29, 0.717) is 0 Å². The number of halogens is 1. The summed E-state index contributed by atoms with van der Waals surface area (Å²) in [5.41, 5.74) is 0. The molecule has 0 radical (unpaired) electrons. The molecule has 1 aliphatic heterocycles. The molecule has 0 atom stereocenters. The van der Waals surface area contributed by atoms with Crippen LogP contribution >= 0.6 is 15.9 Å². The molecule has 1 saturated heterocycles. The third kappa shape index (κ3) is 3.97. The Labute approximate surface area is 132 Å². The Morgan fingerprint density at radius 1 is 1.19 bits per heavy atom. The van der Waals surface area contributed by atoms with E-state index in [1.807, 2.05) is 18.2 Å². The second kappa shape index (κ2) is 6.93. The van der Waals surface area contributed by atoms with Crippen molar-refractivity contribution in [3.63, 3.8) is 0 Å². The van der Waals surface area contributed by atoms with Gasteiger partial charge in [0.25, 0.3) is 0 Å². The van der Waals surface area contributed by atoms with Gasteiger partial charge >= 0.3 is 0 Å². The van der Waals surface area contributed by atoms with E-state index in [1.165, 1.54) is 19.3 Å². The van der Waals surface area contributed by atoms with Gasteiger partial charge in [0.05, 0.1) is 0 Å². The number of furan rings is 1. The molecule has 112 valence electrons. The van der Waals surface area contributed by atoms with Crippen molar-refractivity contribution >= 4 is 27.6 Å². The predicted octanol–water partition coefficient (Wildman–Crippen LogP) is 3.48. The van der Waals surface area contributed by atoms with Gasteiger partial charge in [-0.2, -0.15) is 0 Å². The number of rotatable bonds is 5. The molecule has 3 heterocycles. The third-order valence-corrected chi connectivity index (χ3v) is 4.07. The van der Waals surface area contributed by atoms with Crippen molar-refractivity contribution in [2.24, 2.45) is 0 Å². The van der Waals surface area contributed by atoms with E-state index in [0.717, 1.165) is 48.1 Å². The van der Waals surface area contributed by atoms with E-state index in [4.69, 9.17) is 4.42 Å². The van der Waals surface area contributed by atoms with Crippen LogP contribution in [0.1, 0.15) is 25.0 Å². The second-order valence-corrected chi connectivity index (χ2v) is 5.97. The van der Waals surface area contributed by atoms with E-state index in [9.17, 15) is 0 Å². The quantitative estimate of drug-likeness (QED) is 0.894. The fourth-order valence-corrected chi connectivity index (χ4v) is 2.88. The predicted molar refractivity (Wildman–Crippen MR) is 86.7 cm³/mol. The van der Waals surface area contributed by atoms with Crippen LogP contribution in [0, 0.1) is 0 Å². The molecule has 1 aliphatic rings. The van der Waals surface area contributed by atoms with Crippen molar-refractivity contribution < 1.29 is 4.42 Å². The van der Waals surface area contributed by atoms with E-state index < -0.39 is 0 Å². The van der Waals surface area contributed by atoms with Crippen LogP contribution in [0.25, 0.3) is 0 Å². The Kier molecular flexibility index (Phi) is 4.75. The highest BCUT2D eigenvalue weighted by atomic mass is 79.9. The molecule has 1 fully saturated rings. The standard InChI is InChI=1S/C15H19BrN4O/c16-13-5-4-12(21-13)6-7-17-14-10-15(19-11-18-14)20-8-2-1-3-9-20/h4-5,10-11H,1-3,6-9H2,(H,17,18,19). The lowest BCUT2D eigenvalue weighted by atomic mass is 10.1. The number of hydrogen-bond donors (Lipinski definition) is 1. The van der Waals surface area contributed by atoms with Crippen LogP contribution in [0.2, 0.25) is 0 Å². The maximum atomic E-state index is 5.48. The minimum Gasteiger partial charge on any atom is -0.454 e. The van der Waals surface area contributed by atoms with Crippen LogP contribution in [-0.2, 0) is 6.42 Å². The van der Waals surface area contributed by atoms with Gasteiger partial charge in [-0.3, -0.25) is 0 Å². The fraction of sp³-hybridized carbons (Fsp3) is 0.467. The second-order valence-electron chi connectivity index (χ2n) is 5.19. The molecule has 1 N–H and O–H groups in total. The molecule has 0 amide bonds. The van der Waals surface area contributed by atoms with Gasteiger partial charge in [-0.1, -0.05) is 0 Å². The summed E-state index contributed by atoms with van der Waals surface area (Å²) >= 11 is 3.31. The maximum absolute atomic E-state index is 5.48. The molecule has 5 nitrogen and oxygen atoms in total. The average Bonchev–Trinajstić information content (AvgIpc) is 2.94. The highest BCUT2D eigenvalue weighted by Crippen LogP contribution is 2.19. The average molecular weight is 351 g/mol. The number of hydrogen-bond acceptors (Lipinski definition) is 5. The summed E-state index contributed by atoms with van der Waals surface area (Å²) in [7, 11) is 0. The lowest BCUT2D eigenvalue weighted by Gasteiger charge is -2.27. The molecule has 2 aromatic rings. The van der Waals surface area contributed by atoms with E-state index in [2.05, 4.69) is 36.1 Å². The van der Waals surface area contributed by atoms with Crippen LogP contribution in [0.3, 0.4) is 0 Å². The molecular formula is C15H19BrN4O. The summed E-state index contributed by atoms with van der Waals surface area (Å²) in [4.78, 5) is 11.0. The van der Waals surface area contributed by atoms with Crippen LogP contribution in [0.4, 0.5) is 11.6 Å². The highest BCUT2D eigenvalue weighted by Gasteiger charge is 2.12. The minimum atomic E-state index is 0.770. The van der Waals surface area contributed by atoms with Gasteiger partial charge in [0.1, 0.15) is 23.7 Å². The van der Waals surface area contributed by atoms with Gasteiger partial charge in [0, 0.05) is 32.1 Å². The molecule has 2 aromatic heterocycles. The Morgan fingerprint density at radius 2 is 2.05 bits per heavy atom. The lowest BCUT2D eigenvalue weighted by molar-refractivity contribution is 0.491. The Balaban J connectivity index is 1.55. The molecule has 0 unspecified atom stereocenters. The van der Waals surface area contributed by atoms with Crippen LogP contribution in [0.15, 0.2) is 33.6 Å². The van der Waals surface area contributed by atoms with Crippen LogP contribution < -0.4 is 10.2 Å². The van der Waals surface area contributed by atoms with Crippen molar-refractivity contribution in [3.8, 4) is 0 Å². The molecular weight excluding hydrogens is 332 g/mol. The minimum absolute atomic E-state index is 0.770. The van der Waals surface area contributed by atoms with E-state index in [-0.39, 0.29) is 0 Å². The number of piperidine rings is 1. The SMILES string of the molecule is Brc1ccc(CCNc2cc(N3CCCCC3)ncn2)o1. The molecule has 6 heteroatoms. The first-order valence-corrected chi connectivity index (χ1v) is 8.16. The van der Waals surface area contributed by atoms with Crippen molar-refractivity contribution in [3.05, 3.63) is 35.0 Å². The first kappa shape index (κ1) is 14.4. The summed E-state index contributed by atoms with van der Waals surface area (Å²) in [5, 5.41) is 3.33. The number of anilines is 2. The third-order valence-electron chi connectivity index (χ3n) is 3.64. The first-order chi connectivity index (χ1) is 10.3. The van der Waals surface area contributed by atoms with Gasteiger partial charge in [-0.05, 0) is 47.3 Å². The monoisotopic (exact) mass is 350 g/mol. The molecule has 0 bridgehead atoms. The molecule has 0 saturated carbocycles. The summed E-state index contributed by atoms with van der Waals surface area (Å²) < 4.78 is 6.25. The Hall–Kier alpha value is -1.56. The van der Waals surface area contributed by atoms with E-state index >= 15 is 0 Å². The number of nitrogens with one attached hydrogen (secondary N) is 1. The largest absolute Gasteiger partial charge is 0.454 e. The van der Waals surface area contributed by atoms with Crippen LogP contribution in [0.5, 0.6) is 0 Å². The lowest BCUT2D eigenvalue weighted by Crippen LogP contribution is -2.30. The summed E-state index contributed by atoms with van der Waals surface area (Å²) in [5.74, 6) is 2.85. The molecule has 0 spiro atoms. The summed E-state index contributed by atoms with van der Waals surface area (Å²) in [6.07, 6.45) is 6.29. The number of nitrogens with zero attached hydrogens (tertiary/aromatic N) is 3. The molecule has 0 aromatic carbocycles. The zero-order valence-electron chi connectivity index (χ0n) is 11.9. The van der Waals surface area contributed by atoms with Crippen molar-refractivity contribution in [2.75, 3.05) is 29.9 Å². The van der Waals surface area contributed by atoms with Crippen LogP contribution in [-0.4, -0.2) is 29.6 Å². The van der Waals surface area contributed by atoms with Gasteiger partial charge < -0.3 is 14.6 Å². The zero-order valence-corrected chi connectivity index (χ0v) is 13.5. The summed E-state index contributed by atoms with van der Waals surface area (Å²) in [6.45, 7) is 2.98. The Morgan fingerprint density at radius 3 is 2.81 bits per heavy atom. The molecule has 3 rings (SSSR count). The molecule has 21 heavy (non-hydrogen) atoms. The topological polar surface area (TPSA) is 54.2 Å². The summed E-state index contributed by atoms with van der Waals surface area (Å²) in [6, 6.07) is 5.92. The highest BCUT2D eigenvalue weighted by molar-refractivity contribution is 9.10. The van der Waals surface area contributed by atoms with E-state index in [1.54, 1.807) is 6.33 Å². The van der Waals surface area contributed by atoms with Gasteiger partial charge in [-0.15, -0.1) is 0 Å². The van der Waals surface area contributed by atoms with Crippen molar-refractivity contribution in [1.82, 2.24) is 9.97 Å². The maximum Gasteiger partial charge on any atom is 0.169 e. The fourth-order valence-electron chi connectivity index (χ4n) is 2.54. The number of aromatic nitrogens is 2. The molecule has 0 aliphatic carbocycles. The normalized spacial score (nSPS) is 15.2.